The molecule has 0 saturated heterocycles. The highest BCUT2D eigenvalue weighted by molar-refractivity contribution is 5.76. The van der Waals surface area contributed by atoms with Crippen molar-refractivity contribution in [2.75, 3.05) is 6.61 Å². The zero-order chi connectivity index (χ0) is 35.6. The Hall–Kier alpha value is -0.690. The van der Waals surface area contributed by atoms with Crippen LogP contribution in [0, 0.1) is 5.92 Å². The molecular formula is C43H85NO5. The highest BCUT2D eigenvalue weighted by Gasteiger charge is 2.31. The fourth-order valence-electron chi connectivity index (χ4n) is 7.84. The molecule has 0 heterocycles. The molecule has 1 saturated carbocycles. The maximum absolute atomic E-state index is 12.7. The quantitative estimate of drug-likeness (QED) is 0.0684. The summed E-state index contributed by atoms with van der Waals surface area (Å²) in [6, 6.07) is -0.981. The zero-order valence-corrected chi connectivity index (χ0v) is 32.5. The van der Waals surface area contributed by atoms with Crippen LogP contribution >= 0.6 is 0 Å². The van der Waals surface area contributed by atoms with E-state index < -0.39 is 31.0 Å². The van der Waals surface area contributed by atoms with Crippen molar-refractivity contribution in [3.8, 4) is 0 Å². The Bertz CT molecular complexity index is 686. The van der Waals surface area contributed by atoms with E-state index in [0.717, 1.165) is 38.0 Å². The normalized spacial score (nSPS) is 19.6. The maximum atomic E-state index is 12.7. The molecule has 49 heavy (non-hydrogen) atoms. The van der Waals surface area contributed by atoms with Crippen LogP contribution < -0.4 is 5.32 Å². The first-order valence-electron chi connectivity index (χ1n) is 21.9. The number of nitrogens with one attached hydrogen (secondary N) is 1. The van der Waals surface area contributed by atoms with Crippen LogP contribution in [0.2, 0.25) is 0 Å². The molecule has 1 fully saturated rings. The van der Waals surface area contributed by atoms with Gasteiger partial charge < -0.3 is 25.7 Å². The van der Waals surface area contributed by atoms with Gasteiger partial charge in [-0.3, -0.25) is 4.79 Å². The summed E-state index contributed by atoms with van der Waals surface area (Å²) in [5.41, 5.74) is 0. The van der Waals surface area contributed by atoms with Gasteiger partial charge in [0.05, 0.1) is 18.8 Å². The third-order valence-electron chi connectivity index (χ3n) is 11.3. The van der Waals surface area contributed by atoms with E-state index in [2.05, 4.69) is 12.2 Å². The molecular weight excluding hydrogens is 610 g/mol. The van der Waals surface area contributed by atoms with Crippen molar-refractivity contribution in [1.29, 1.82) is 0 Å². The summed E-state index contributed by atoms with van der Waals surface area (Å²) in [5, 5.41) is 44.4. The number of hydrogen-bond acceptors (Lipinski definition) is 5. The summed E-state index contributed by atoms with van der Waals surface area (Å²) in [7, 11) is 0. The summed E-state index contributed by atoms with van der Waals surface area (Å²) in [4.78, 5) is 12.7. The van der Waals surface area contributed by atoms with Gasteiger partial charge in [0.25, 0.3) is 0 Å². The molecule has 0 radical (unpaired) electrons. The molecule has 1 aliphatic carbocycles. The first-order valence-corrected chi connectivity index (χ1v) is 21.9. The van der Waals surface area contributed by atoms with E-state index in [1.54, 1.807) is 0 Å². The van der Waals surface area contributed by atoms with Crippen molar-refractivity contribution in [2.24, 2.45) is 5.92 Å². The molecule has 0 aromatic rings. The molecule has 6 heteroatoms. The van der Waals surface area contributed by atoms with Crippen molar-refractivity contribution < 1.29 is 25.2 Å². The van der Waals surface area contributed by atoms with Gasteiger partial charge in [-0.05, 0) is 18.8 Å². The van der Waals surface area contributed by atoms with Crippen molar-refractivity contribution >= 4 is 5.91 Å². The van der Waals surface area contributed by atoms with E-state index in [9.17, 15) is 25.2 Å². The summed E-state index contributed by atoms with van der Waals surface area (Å²) in [6.07, 6.45) is 39.4. The second kappa shape index (κ2) is 34.4. The Morgan fingerprint density at radius 2 is 0.959 bits per heavy atom. The summed E-state index contributed by atoms with van der Waals surface area (Å²) in [6.45, 7) is 1.78. The van der Waals surface area contributed by atoms with Crippen LogP contribution in [-0.2, 0) is 4.79 Å². The standard InChI is InChI=1S/C43H85NO5/c1-2-3-4-5-6-7-8-17-20-23-26-29-35-40(46)43(49)42(48)39(37-45)44-41(47)36-31-30-34-38-32-27-24-21-18-15-13-11-9-10-12-14-16-19-22-25-28-33-38/h38-40,42-43,45-46,48-49H,2-37H2,1H3,(H,44,47). The largest absolute Gasteiger partial charge is 0.394 e. The second-order valence-electron chi connectivity index (χ2n) is 15.9. The number of carbonyl (C=O) groups excluding carboxylic acids is 1. The van der Waals surface area contributed by atoms with E-state index in [4.69, 9.17) is 0 Å². The second-order valence-corrected chi connectivity index (χ2v) is 15.9. The lowest BCUT2D eigenvalue weighted by Gasteiger charge is -2.29. The number of hydrogen-bond donors (Lipinski definition) is 5. The minimum absolute atomic E-state index is 0.207. The van der Waals surface area contributed by atoms with Crippen LogP contribution in [0.1, 0.15) is 232 Å². The van der Waals surface area contributed by atoms with Gasteiger partial charge in [0.1, 0.15) is 12.2 Å². The number of amides is 1. The van der Waals surface area contributed by atoms with Gasteiger partial charge >= 0.3 is 0 Å². The molecule has 0 aromatic carbocycles. The Balaban J connectivity index is 2.27. The topological polar surface area (TPSA) is 110 Å². The first-order chi connectivity index (χ1) is 24.0. The molecule has 292 valence electrons. The van der Waals surface area contributed by atoms with E-state index in [1.807, 2.05) is 0 Å². The van der Waals surface area contributed by atoms with Crippen molar-refractivity contribution in [2.45, 2.75) is 256 Å². The lowest BCUT2D eigenvalue weighted by Crippen LogP contribution is -2.53. The first kappa shape index (κ1) is 46.3. The van der Waals surface area contributed by atoms with Crippen LogP contribution in [0.15, 0.2) is 0 Å². The van der Waals surface area contributed by atoms with Crippen LogP contribution in [0.3, 0.4) is 0 Å². The summed E-state index contributed by atoms with van der Waals surface area (Å²) in [5.74, 6) is 0.542. The molecule has 1 amide bonds. The monoisotopic (exact) mass is 696 g/mol. The van der Waals surface area contributed by atoms with Gasteiger partial charge in [-0.1, -0.05) is 212 Å². The minimum atomic E-state index is -1.40. The number of unbranched alkanes of at least 4 members (excludes halogenated alkanes) is 12. The lowest BCUT2D eigenvalue weighted by molar-refractivity contribution is -0.126. The van der Waals surface area contributed by atoms with Crippen molar-refractivity contribution in [1.82, 2.24) is 5.32 Å². The number of aliphatic hydroxyl groups excluding tert-OH is 4. The Morgan fingerprint density at radius 3 is 1.39 bits per heavy atom. The smallest absolute Gasteiger partial charge is 0.220 e. The molecule has 0 bridgehead atoms. The molecule has 1 aliphatic rings. The molecule has 0 aliphatic heterocycles. The zero-order valence-electron chi connectivity index (χ0n) is 32.5. The molecule has 4 unspecified atom stereocenters. The number of rotatable bonds is 23. The van der Waals surface area contributed by atoms with Crippen molar-refractivity contribution in [3.05, 3.63) is 0 Å². The molecule has 0 aromatic heterocycles. The Labute approximate surface area is 304 Å². The fourth-order valence-corrected chi connectivity index (χ4v) is 7.84. The Kier molecular flexibility index (Phi) is 32.5. The van der Waals surface area contributed by atoms with E-state index >= 15 is 0 Å². The predicted octanol–water partition coefficient (Wildman–Crippen LogP) is 10.8. The van der Waals surface area contributed by atoms with Crippen LogP contribution in [0.5, 0.6) is 0 Å². The minimum Gasteiger partial charge on any atom is -0.394 e. The van der Waals surface area contributed by atoms with E-state index in [-0.39, 0.29) is 5.91 Å². The molecule has 1 rings (SSSR count). The fraction of sp³-hybridized carbons (Fsp3) is 0.977. The highest BCUT2D eigenvalue weighted by atomic mass is 16.4. The molecule has 4 atom stereocenters. The molecule has 0 spiro atoms. The van der Waals surface area contributed by atoms with Gasteiger partial charge in [0.2, 0.25) is 5.91 Å². The summed E-state index contributed by atoms with van der Waals surface area (Å²) >= 11 is 0. The van der Waals surface area contributed by atoms with Crippen LogP contribution in [-0.4, -0.2) is 57.3 Å². The predicted molar refractivity (Wildman–Crippen MR) is 208 cm³/mol. The maximum Gasteiger partial charge on any atom is 0.220 e. The van der Waals surface area contributed by atoms with Crippen LogP contribution in [0.4, 0.5) is 0 Å². The third-order valence-corrected chi connectivity index (χ3v) is 11.3. The van der Waals surface area contributed by atoms with Gasteiger partial charge in [-0.15, -0.1) is 0 Å². The lowest BCUT2D eigenvalue weighted by atomic mass is 9.89. The third kappa shape index (κ3) is 27.6. The average molecular weight is 696 g/mol. The number of aliphatic hydroxyl groups is 4. The van der Waals surface area contributed by atoms with Crippen LogP contribution in [0.25, 0.3) is 0 Å². The van der Waals surface area contributed by atoms with Gasteiger partial charge in [0.15, 0.2) is 0 Å². The Morgan fingerprint density at radius 1 is 0.551 bits per heavy atom. The molecule has 5 N–H and O–H groups in total. The summed E-state index contributed by atoms with van der Waals surface area (Å²) < 4.78 is 0. The van der Waals surface area contributed by atoms with Gasteiger partial charge in [-0.2, -0.15) is 0 Å². The highest BCUT2D eigenvalue weighted by Crippen LogP contribution is 2.25. The number of carbonyl (C=O) groups is 1. The molecule has 6 nitrogen and oxygen atoms in total. The van der Waals surface area contributed by atoms with E-state index in [1.165, 1.54) is 180 Å². The van der Waals surface area contributed by atoms with Gasteiger partial charge in [-0.25, -0.2) is 0 Å². The SMILES string of the molecule is CCCCCCCCCCCCCCC(O)C(O)C(O)C(CO)NC(=O)CCCCC1CCCCCCCCCCCCCCCCCC1. The van der Waals surface area contributed by atoms with Gasteiger partial charge in [0, 0.05) is 6.42 Å². The average Bonchev–Trinajstić information content (AvgIpc) is 3.10. The van der Waals surface area contributed by atoms with E-state index in [0.29, 0.717) is 12.8 Å². The van der Waals surface area contributed by atoms with Crippen molar-refractivity contribution in [3.63, 3.8) is 0 Å².